The molecule has 3 heteroatoms. The number of piperidine rings is 1. The maximum absolute atomic E-state index is 12.1. The van der Waals surface area contributed by atoms with E-state index in [9.17, 15) is 4.79 Å². The molecule has 0 aromatic rings. The average Bonchev–Trinajstić information content (AvgIpc) is 2.74. The van der Waals surface area contributed by atoms with E-state index in [0.717, 1.165) is 25.9 Å². The van der Waals surface area contributed by atoms with Gasteiger partial charge in [-0.2, -0.15) is 0 Å². The number of nitrogens with one attached hydrogen (secondary N) is 2. The third-order valence-electron chi connectivity index (χ3n) is 4.49. The summed E-state index contributed by atoms with van der Waals surface area (Å²) in [5.74, 6) is 0.516. The highest BCUT2D eigenvalue weighted by Crippen LogP contribution is 2.36. The van der Waals surface area contributed by atoms with E-state index >= 15 is 0 Å². The Hall–Kier alpha value is -0.570. The summed E-state index contributed by atoms with van der Waals surface area (Å²) in [4.78, 5) is 12.1. The van der Waals surface area contributed by atoms with Gasteiger partial charge in [-0.25, -0.2) is 0 Å². The summed E-state index contributed by atoms with van der Waals surface area (Å²) < 4.78 is 0. The Bertz CT molecular complexity index is 271. The molecule has 2 fully saturated rings. The minimum Gasteiger partial charge on any atom is -0.355 e. The zero-order chi connectivity index (χ0) is 12.3. The largest absolute Gasteiger partial charge is 0.355 e. The molecule has 0 unspecified atom stereocenters. The third-order valence-corrected chi connectivity index (χ3v) is 4.49. The Morgan fingerprint density at radius 1 is 1.41 bits per heavy atom. The van der Waals surface area contributed by atoms with Crippen molar-refractivity contribution in [2.45, 2.75) is 58.4 Å². The predicted octanol–water partition coefficient (Wildman–Crippen LogP) is 2.07. The Labute approximate surface area is 105 Å². The first-order valence-electron chi connectivity index (χ1n) is 7.10. The van der Waals surface area contributed by atoms with Gasteiger partial charge >= 0.3 is 0 Å². The summed E-state index contributed by atoms with van der Waals surface area (Å²) >= 11 is 0. The molecule has 1 saturated heterocycles. The van der Waals surface area contributed by atoms with E-state index in [0.29, 0.717) is 11.5 Å². The van der Waals surface area contributed by atoms with Gasteiger partial charge < -0.3 is 10.6 Å². The quantitative estimate of drug-likeness (QED) is 0.790. The van der Waals surface area contributed by atoms with Crippen LogP contribution in [0, 0.1) is 11.3 Å². The maximum Gasteiger partial charge on any atom is 0.223 e. The van der Waals surface area contributed by atoms with E-state index in [1.54, 1.807) is 0 Å². The number of rotatable bonds is 3. The Morgan fingerprint density at radius 3 is 2.76 bits per heavy atom. The van der Waals surface area contributed by atoms with E-state index in [4.69, 9.17) is 0 Å². The molecule has 2 aliphatic rings. The summed E-state index contributed by atoms with van der Waals surface area (Å²) in [6.45, 7) is 6.34. The molecule has 0 aromatic heterocycles. The van der Waals surface area contributed by atoms with Gasteiger partial charge in [-0.3, -0.25) is 4.79 Å². The summed E-state index contributed by atoms with van der Waals surface area (Å²) in [5, 5.41) is 6.58. The van der Waals surface area contributed by atoms with Gasteiger partial charge in [-0.05, 0) is 44.6 Å². The molecule has 1 amide bonds. The number of hydrogen-bond acceptors (Lipinski definition) is 2. The van der Waals surface area contributed by atoms with E-state index < -0.39 is 0 Å². The Morgan fingerprint density at radius 2 is 2.12 bits per heavy atom. The first kappa shape index (κ1) is 12.9. The van der Waals surface area contributed by atoms with Gasteiger partial charge in [0.05, 0.1) is 0 Å². The maximum atomic E-state index is 12.1. The molecule has 2 atom stereocenters. The number of hydrogen-bond donors (Lipinski definition) is 2. The van der Waals surface area contributed by atoms with Crippen LogP contribution in [-0.4, -0.2) is 25.0 Å². The van der Waals surface area contributed by atoms with Gasteiger partial charge in [0.1, 0.15) is 0 Å². The number of amides is 1. The van der Waals surface area contributed by atoms with Gasteiger partial charge in [-0.15, -0.1) is 0 Å². The van der Waals surface area contributed by atoms with E-state index in [1.807, 2.05) is 0 Å². The number of carbonyl (C=O) groups is 1. The summed E-state index contributed by atoms with van der Waals surface area (Å²) in [5.41, 5.74) is 0.369. The fourth-order valence-electron chi connectivity index (χ4n) is 3.22. The van der Waals surface area contributed by atoms with E-state index in [2.05, 4.69) is 24.5 Å². The molecule has 3 nitrogen and oxygen atoms in total. The van der Waals surface area contributed by atoms with Crippen molar-refractivity contribution in [1.29, 1.82) is 0 Å². The molecule has 98 valence electrons. The van der Waals surface area contributed by atoms with E-state index in [1.165, 1.54) is 25.7 Å². The predicted molar refractivity (Wildman–Crippen MR) is 69.8 cm³/mol. The van der Waals surface area contributed by atoms with Crippen molar-refractivity contribution >= 4 is 5.91 Å². The second-order valence-corrected chi connectivity index (χ2v) is 6.31. The highest BCUT2D eigenvalue weighted by molar-refractivity contribution is 5.78. The van der Waals surface area contributed by atoms with Gasteiger partial charge in [0, 0.05) is 18.5 Å². The second-order valence-electron chi connectivity index (χ2n) is 6.31. The van der Waals surface area contributed by atoms with Crippen LogP contribution in [0.25, 0.3) is 0 Å². The fourth-order valence-corrected chi connectivity index (χ4v) is 3.22. The molecular formula is C14H26N2O. The zero-order valence-corrected chi connectivity index (χ0v) is 11.2. The highest BCUT2D eigenvalue weighted by atomic mass is 16.1. The van der Waals surface area contributed by atoms with Crippen molar-refractivity contribution < 1.29 is 4.79 Å². The minimum atomic E-state index is 0.233. The summed E-state index contributed by atoms with van der Waals surface area (Å²) in [6.07, 6.45) is 7.19. The number of carbonyl (C=O) groups excluding carboxylic acids is 1. The van der Waals surface area contributed by atoms with Gasteiger partial charge in [0.25, 0.3) is 0 Å². The standard InChI is InChI=1S/C14H26N2O/c1-11-9-12(5-8-15-11)13(17)16-10-14(2)6-3-4-7-14/h11-12,15H,3-10H2,1-2H3,(H,16,17)/t11-,12-/m0/s1. The monoisotopic (exact) mass is 238 g/mol. The second kappa shape index (κ2) is 5.38. The molecule has 0 spiro atoms. The Balaban J connectivity index is 1.76. The molecule has 17 heavy (non-hydrogen) atoms. The van der Waals surface area contributed by atoms with Crippen LogP contribution in [0.1, 0.15) is 52.4 Å². The van der Waals surface area contributed by atoms with Crippen molar-refractivity contribution in [2.24, 2.45) is 11.3 Å². The van der Waals surface area contributed by atoms with E-state index in [-0.39, 0.29) is 11.8 Å². The van der Waals surface area contributed by atoms with Crippen molar-refractivity contribution in [1.82, 2.24) is 10.6 Å². The summed E-state index contributed by atoms with van der Waals surface area (Å²) in [7, 11) is 0. The first-order chi connectivity index (χ1) is 8.09. The molecule has 0 radical (unpaired) electrons. The first-order valence-corrected chi connectivity index (χ1v) is 7.10. The average molecular weight is 238 g/mol. The normalized spacial score (nSPS) is 32.4. The third kappa shape index (κ3) is 3.44. The van der Waals surface area contributed by atoms with Crippen LogP contribution in [0.15, 0.2) is 0 Å². The summed E-state index contributed by atoms with van der Waals surface area (Å²) in [6, 6.07) is 0.488. The SMILES string of the molecule is C[C@H]1C[C@@H](C(=O)NCC2(C)CCCC2)CCN1. The molecule has 2 rings (SSSR count). The molecule has 2 N–H and O–H groups in total. The van der Waals surface area contributed by atoms with Crippen LogP contribution in [0.5, 0.6) is 0 Å². The molecule has 0 bridgehead atoms. The lowest BCUT2D eigenvalue weighted by Crippen LogP contribution is -2.44. The van der Waals surface area contributed by atoms with Crippen LogP contribution in [0.4, 0.5) is 0 Å². The topological polar surface area (TPSA) is 41.1 Å². The van der Waals surface area contributed by atoms with Crippen LogP contribution in [-0.2, 0) is 4.79 Å². The van der Waals surface area contributed by atoms with Gasteiger partial charge in [0.15, 0.2) is 0 Å². The van der Waals surface area contributed by atoms with Crippen molar-refractivity contribution in [2.75, 3.05) is 13.1 Å². The molecular weight excluding hydrogens is 212 g/mol. The molecule has 1 aliphatic heterocycles. The minimum absolute atomic E-state index is 0.233. The van der Waals surface area contributed by atoms with Crippen LogP contribution in [0.2, 0.25) is 0 Å². The molecule has 0 aromatic carbocycles. The smallest absolute Gasteiger partial charge is 0.223 e. The van der Waals surface area contributed by atoms with Crippen molar-refractivity contribution in [3.8, 4) is 0 Å². The molecule has 1 aliphatic carbocycles. The fraction of sp³-hybridized carbons (Fsp3) is 0.929. The van der Waals surface area contributed by atoms with Gasteiger partial charge in [-0.1, -0.05) is 19.8 Å². The lowest BCUT2D eigenvalue weighted by molar-refractivity contribution is -0.126. The van der Waals surface area contributed by atoms with Crippen LogP contribution < -0.4 is 10.6 Å². The van der Waals surface area contributed by atoms with Crippen LogP contribution in [0.3, 0.4) is 0 Å². The zero-order valence-electron chi connectivity index (χ0n) is 11.2. The lowest BCUT2D eigenvalue weighted by Gasteiger charge is -2.29. The highest BCUT2D eigenvalue weighted by Gasteiger charge is 2.30. The van der Waals surface area contributed by atoms with Crippen LogP contribution >= 0.6 is 0 Å². The molecule has 1 saturated carbocycles. The van der Waals surface area contributed by atoms with Gasteiger partial charge in [0.2, 0.25) is 5.91 Å². The van der Waals surface area contributed by atoms with Crippen molar-refractivity contribution in [3.05, 3.63) is 0 Å². The lowest BCUT2D eigenvalue weighted by atomic mass is 9.88. The van der Waals surface area contributed by atoms with Crippen molar-refractivity contribution in [3.63, 3.8) is 0 Å². The Kier molecular flexibility index (Phi) is 4.08. The molecule has 1 heterocycles.